The average Bonchev–Trinajstić information content (AvgIpc) is 3.24. The van der Waals surface area contributed by atoms with E-state index in [0.29, 0.717) is 17.2 Å². The highest BCUT2D eigenvalue weighted by Crippen LogP contribution is 2.24. The van der Waals surface area contributed by atoms with Crippen molar-refractivity contribution in [3.8, 4) is 16.5 Å². The van der Waals surface area contributed by atoms with E-state index in [1.165, 1.54) is 11.3 Å². The molecular formula is C17H15NO4S. The van der Waals surface area contributed by atoms with E-state index < -0.39 is 0 Å². The summed E-state index contributed by atoms with van der Waals surface area (Å²) in [6.45, 7) is 0.144. The number of benzene rings is 1. The fourth-order valence-corrected chi connectivity index (χ4v) is 2.87. The van der Waals surface area contributed by atoms with Gasteiger partial charge in [-0.25, -0.2) is 4.98 Å². The molecule has 23 heavy (non-hydrogen) atoms. The Morgan fingerprint density at radius 3 is 2.91 bits per heavy atom. The number of methoxy groups -OCH3 is 1. The van der Waals surface area contributed by atoms with Crippen molar-refractivity contribution in [3.63, 3.8) is 0 Å². The number of rotatable bonds is 6. The summed E-state index contributed by atoms with van der Waals surface area (Å²) in [4.78, 5) is 16.4. The first-order valence-corrected chi connectivity index (χ1v) is 7.90. The Morgan fingerprint density at radius 2 is 2.13 bits per heavy atom. The highest BCUT2D eigenvalue weighted by Gasteiger charge is 2.12. The van der Waals surface area contributed by atoms with E-state index >= 15 is 0 Å². The number of nitrogens with zero attached hydrogens (tertiary/aromatic N) is 1. The molecule has 2 heterocycles. The highest BCUT2D eigenvalue weighted by molar-refractivity contribution is 7.13. The zero-order valence-electron chi connectivity index (χ0n) is 12.5. The molecule has 0 fully saturated rings. The van der Waals surface area contributed by atoms with Crippen LogP contribution in [0.4, 0.5) is 0 Å². The second-order valence-corrected chi connectivity index (χ2v) is 5.63. The van der Waals surface area contributed by atoms with Gasteiger partial charge >= 0.3 is 5.97 Å². The van der Waals surface area contributed by atoms with Crippen LogP contribution in [-0.2, 0) is 22.6 Å². The molecule has 3 aromatic rings. The number of esters is 1. The molecule has 0 bridgehead atoms. The lowest BCUT2D eigenvalue weighted by molar-refractivity contribution is -0.144. The number of hydrogen-bond acceptors (Lipinski definition) is 6. The highest BCUT2D eigenvalue weighted by atomic mass is 32.1. The molecule has 0 amide bonds. The molecule has 118 valence electrons. The third-order valence-corrected chi connectivity index (χ3v) is 4.10. The van der Waals surface area contributed by atoms with Crippen LogP contribution in [0.3, 0.4) is 0 Å². The Labute approximate surface area is 137 Å². The molecule has 0 saturated carbocycles. The maximum atomic E-state index is 12.0. The molecule has 0 aliphatic carbocycles. The number of ether oxygens (including phenoxy) is 2. The molecule has 0 unspecified atom stereocenters. The summed E-state index contributed by atoms with van der Waals surface area (Å²) in [5.74, 6) is 1.07. The normalized spacial score (nSPS) is 10.5. The van der Waals surface area contributed by atoms with Gasteiger partial charge in [0.25, 0.3) is 0 Å². The van der Waals surface area contributed by atoms with Crippen molar-refractivity contribution < 1.29 is 18.7 Å². The van der Waals surface area contributed by atoms with Crippen LogP contribution in [0.5, 0.6) is 5.75 Å². The standard InChI is InChI=1S/C17H15NO4S/c1-20-14-6-3-2-5-12(14)9-16(19)22-10-13-11-23-17(18-13)15-7-4-8-21-15/h2-8,11H,9-10H2,1H3. The Bertz CT molecular complexity index is 780. The van der Waals surface area contributed by atoms with Crippen LogP contribution < -0.4 is 4.74 Å². The lowest BCUT2D eigenvalue weighted by Gasteiger charge is -2.07. The van der Waals surface area contributed by atoms with Crippen LogP contribution in [0, 0.1) is 0 Å². The summed E-state index contributed by atoms with van der Waals surface area (Å²) < 4.78 is 15.8. The smallest absolute Gasteiger partial charge is 0.310 e. The number of aromatic nitrogens is 1. The van der Waals surface area contributed by atoms with E-state index in [2.05, 4.69) is 4.98 Å². The quantitative estimate of drug-likeness (QED) is 0.645. The largest absolute Gasteiger partial charge is 0.496 e. The van der Waals surface area contributed by atoms with E-state index in [1.807, 2.05) is 41.8 Å². The summed E-state index contributed by atoms with van der Waals surface area (Å²) in [5.41, 5.74) is 1.50. The number of para-hydroxylation sites is 1. The van der Waals surface area contributed by atoms with Crippen LogP contribution in [0.1, 0.15) is 11.3 Å². The van der Waals surface area contributed by atoms with Gasteiger partial charge in [-0.2, -0.15) is 0 Å². The number of carbonyl (C=O) groups is 1. The van der Waals surface area contributed by atoms with E-state index in [4.69, 9.17) is 13.9 Å². The fourth-order valence-electron chi connectivity index (χ4n) is 2.10. The molecule has 1 aromatic carbocycles. The fraction of sp³-hybridized carbons (Fsp3) is 0.176. The predicted octanol–water partition coefficient (Wildman–Crippen LogP) is 3.70. The number of hydrogen-bond donors (Lipinski definition) is 0. The maximum Gasteiger partial charge on any atom is 0.310 e. The van der Waals surface area contributed by atoms with E-state index in [9.17, 15) is 4.79 Å². The Kier molecular flexibility index (Phi) is 4.73. The first kappa shape index (κ1) is 15.3. The van der Waals surface area contributed by atoms with Crippen molar-refractivity contribution >= 4 is 17.3 Å². The molecule has 6 heteroatoms. The van der Waals surface area contributed by atoms with Crippen molar-refractivity contribution in [2.24, 2.45) is 0 Å². The Hall–Kier alpha value is -2.60. The van der Waals surface area contributed by atoms with Gasteiger partial charge in [-0.3, -0.25) is 4.79 Å². The zero-order valence-corrected chi connectivity index (χ0v) is 13.3. The van der Waals surface area contributed by atoms with E-state index in [0.717, 1.165) is 10.6 Å². The first-order valence-electron chi connectivity index (χ1n) is 7.02. The lowest BCUT2D eigenvalue weighted by Crippen LogP contribution is -2.09. The van der Waals surface area contributed by atoms with Crippen LogP contribution in [-0.4, -0.2) is 18.1 Å². The van der Waals surface area contributed by atoms with Crippen molar-refractivity contribution in [2.75, 3.05) is 7.11 Å². The van der Waals surface area contributed by atoms with Crippen LogP contribution >= 0.6 is 11.3 Å². The van der Waals surface area contributed by atoms with Gasteiger partial charge in [-0.1, -0.05) is 18.2 Å². The molecule has 5 nitrogen and oxygen atoms in total. The second-order valence-electron chi connectivity index (χ2n) is 4.77. The van der Waals surface area contributed by atoms with Crippen molar-refractivity contribution in [3.05, 3.63) is 59.3 Å². The molecular weight excluding hydrogens is 314 g/mol. The van der Waals surface area contributed by atoms with Crippen molar-refractivity contribution in [2.45, 2.75) is 13.0 Å². The van der Waals surface area contributed by atoms with E-state index in [-0.39, 0.29) is 19.0 Å². The molecule has 0 radical (unpaired) electrons. The average molecular weight is 329 g/mol. The number of thiazole rings is 1. The van der Waals surface area contributed by atoms with Gasteiger partial charge in [-0.05, 0) is 18.2 Å². The second kappa shape index (κ2) is 7.11. The minimum atomic E-state index is -0.318. The minimum Gasteiger partial charge on any atom is -0.496 e. The number of carbonyl (C=O) groups excluding carboxylic acids is 1. The minimum absolute atomic E-state index is 0.144. The summed E-state index contributed by atoms with van der Waals surface area (Å²) in [5, 5.41) is 2.62. The van der Waals surface area contributed by atoms with Crippen molar-refractivity contribution in [1.82, 2.24) is 4.98 Å². The molecule has 2 aromatic heterocycles. The molecule has 0 aliphatic rings. The van der Waals surface area contributed by atoms with Crippen LogP contribution in [0.15, 0.2) is 52.5 Å². The zero-order chi connectivity index (χ0) is 16.1. The third-order valence-electron chi connectivity index (χ3n) is 3.19. The molecule has 0 N–H and O–H groups in total. The van der Waals surface area contributed by atoms with Gasteiger partial charge < -0.3 is 13.9 Å². The monoisotopic (exact) mass is 329 g/mol. The summed E-state index contributed by atoms with van der Waals surface area (Å²) in [6, 6.07) is 11.0. The van der Waals surface area contributed by atoms with Gasteiger partial charge in [0.15, 0.2) is 10.8 Å². The van der Waals surface area contributed by atoms with E-state index in [1.54, 1.807) is 13.4 Å². The Morgan fingerprint density at radius 1 is 1.26 bits per heavy atom. The molecule has 0 spiro atoms. The topological polar surface area (TPSA) is 61.6 Å². The maximum absolute atomic E-state index is 12.0. The molecule has 0 aliphatic heterocycles. The van der Waals surface area contributed by atoms with Crippen LogP contribution in [0.25, 0.3) is 10.8 Å². The molecule has 0 saturated heterocycles. The van der Waals surface area contributed by atoms with Gasteiger partial charge in [0, 0.05) is 10.9 Å². The van der Waals surface area contributed by atoms with Crippen LogP contribution in [0.2, 0.25) is 0 Å². The Balaban J connectivity index is 1.57. The summed E-state index contributed by atoms with van der Waals surface area (Å²) in [7, 11) is 1.58. The molecule has 3 rings (SSSR count). The molecule has 0 atom stereocenters. The summed E-state index contributed by atoms with van der Waals surface area (Å²) >= 11 is 1.45. The lowest BCUT2D eigenvalue weighted by atomic mass is 10.1. The van der Waals surface area contributed by atoms with Gasteiger partial charge in [0.2, 0.25) is 0 Å². The summed E-state index contributed by atoms with van der Waals surface area (Å²) in [6.07, 6.45) is 1.77. The predicted molar refractivity (Wildman–Crippen MR) is 86.3 cm³/mol. The third kappa shape index (κ3) is 3.78. The SMILES string of the molecule is COc1ccccc1CC(=O)OCc1csc(-c2ccco2)n1. The van der Waals surface area contributed by atoms with Crippen molar-refractivity contribution in [1.29, 1.82) is 0 Å². The number of furan rings is 1. The van der Waals surface area contributed by atoms with Gasteiger partial charge in [0.1, 0.15) is 12.4 Å². The first-order chi connectivity index (χ1) is 11.3. The van der Waals surface area contributed by atoms with Gasteiger partial charge in [-0.15, -0.1) is 11.3 Å². The van der Waals surface area contributed by atoms with Gasteiger partial charge in [0.05, 0.1) is 25.5 Å².